The van der Waals surface area contributed by atoms with Gasteiger partial charge < -0.3 is 5.11 Å². The number of aryl methyl sites for hydroxylation is 1. The molecule has 4 nitrogen and oxygen atoms in total. The molecular weight excluding hydrogens is 269 g/mol. The molecule has 2 aromatic carbocycles. The normalized spacial score (nSPS) is 10.8. The van der Waals surface area contributed by atoms with Crippen LogP contribution in [0.4, 0.5) is 4.39 Å². The first-order valence-corrected chi connectivity index (χ1v) is 6.58. The summed E-state index contributed by atoms with van der Waals surface area (Å²) in [7, 11) is 0. The average molecular weight is 283 g/mol. The van der Waals surface area contributed by atoms with E-state index in [1.807, 2.05) is 37.3 Å². The second kappa shape index (κ2) is 5.46. The zero-order valence-electron chi connectivity index (χ0n) is 11.5. The fourth-order valence-electron chi connectivity index (χ4n) is 2.28. The molecule has 1 aromatic heterocycles. The Kier molecular flexibility index (Phi) is 3.50. The van der Waals surface area contributed by atoms with Crippen molar-refractivity contribution in [3.05, 3.63) is 65.7 Å². The van der Waals surface area contributed by atoms with E-state index in [2.05, 4.69) is 10.2 Å². The van der Waals surface area contributed by atoms with E-state index in [0.29, 0.717) is 17.2 Å². The Hall–Kier alpha value is -2.53. The minimum Gasteiger partial charge on any atom is -0.388 e. The summed E-state index contributed by atoms with van der Waals surface area (Å²) in [4.78, 5) is 0. The van der Waals surface area contributed by atoms with Gasteiger partial charge in [0.15, 0.2) is 11.6 Å². The molecule has 0 fully saturated rings. The van der Waals surface area contributed by atoms with Gasteiger partial charge in [-0.1, -0.05) is 24.3 Å². The average Bonchev–Trinajstić information content (AvgIpc) is 2.94. The summed E-state index contributed by atoms with van der Waals surface area (Å²) < 4.78 is 15.3. The van der Waals surface area contributed by atoms with Crippen molar-refractivity contribution in [2.24, 2.45) is 0 Å². The Bertz CT molecular complexity index is 768. The molecule has 0 unspecified atom stereocenters. The first-order chi connectivity index (χ1) is 10.2. The van der Waals surface area contributed by atoms with Crippen LogP contribution in [0.25, 0.3) is 17.1 Å². The second-order valence-electron chi connectivity index (χ2n) is 4.73. The molecule has 0 aliphatic heterocycles. The topological polar surface area (TPSA) is 50.9 Å². The van der Waals surface area contributed by atoms with Gasteiger partial charge in [-0.3, -0.25) is 4.57 Å². The molecule has 0 saturated heterocycles. The van der Waals surface area contributed by atoms with E-state index in [9.17, 15) is 9.50 Å². The molecule has 0 bridgehead atoms. The third kappa shape index (κ3) is 2.43. The molecule has 3 aromatic rings. The molecule has 1 N–H and O–H groups in total. The Labute approximate surface area is 121 Å². The van der Waals surface area contributed by atoms with Crippen LogP contribution < -0.4 is 0 Å². The second-order valence-corrected chi connectivity index (χ2v) is 4.73. The molecule has 0 saturated carbocycles. The van der Waals surface area contributed by atoms with Crippen molar-refractivity contribution >= 4 is 0 Å². The van der Waals surface area contributed by atoms with Crippen LogP contribution in [0, 0.1) is 12.7 Å². The fraction of sp³-hybridized carbons (Fsp3) is 0.125. The van der Waals surface area contributed by atoms with Gasteiger partial charge in [-0.15, -0.1) is 10.2 Å². The zero-order chi connectivity index (χ0) is 14.8. The molecule has 3 rings (SSSR count). The van der Waals surface area contributed by atoms with E-state index >= 15 is 0 Å². The molecule has 21 heavy (non-hydrogen) atoms. The van der Waals surface area contributed by atoms with Gasteiger partial charge in [-0.05, 0) is 36.8 Å². The van der Waals surface area contributed by atoms with Crippen LogP contribution in [0.15, 0.2) is 48.5 Å². The molecule has 5 heteroatoms. The predicted molar refractivity (Wildman–Crippen MR) is 77.4 cm³/mol. The van der Waals surface area contributed by atoms with Crippen molar-refractivity contribution < 1.29 is 9.50 Å². The van der Waals surface area contributed by atoms with Crippen molar-refractivity contribution in [3.63, 3.8) is 0 Å². The van der Waals surface area contributed by atoms with Gasteiger partial charge in [-0.2, -0.15) is 0 Å². The monoisotopic (exact) mass is 283 g/mol. The van der Waals surface area contributed by atoms with E-state index in [1.165, 1.54) is 12.1 Å². The highest BCUT2D eigenvalue weighted by Gasteiger charge is 2.16. The van der Waals surface area contributed by atoms with Gasteiger partial charge in [-0.25, -0.2) is 4.39 Å². The van der Waals surface area contributed by atoms with Crippen molar-refractivity contribution in [2.45, 2.75) is 13.5 Å². The van der Waals surface area contributed by atoms with E-state index in [-0.39, 0.29) is 12.4 Å². The lowest BCUT2D eigenvalue weighted by Gasteiger charge is -2.11. The van der Waals surface area contributed by atoms with E-state index in [4.69, 9.17) is 0 Å². The number of aliphatic hydroxyl groups is 1. The Morgan fingerprint density at radius 3 is 2.57 bits per heavy atom. The van der Waals surface area contributed by atoms with Crippen molar-refractivity contribution in [2.75, 3.05) is 0 Å². The number of nitrogens with zero attached hydrogens (tertiary/aromatic N) is 3. The third-order valence-corrected chi connectivity index (χ3v) is 3.33. The quantitative estimate of drug-likeness (QED) is 0.804. The SMILES string of the molecule is Cc1ccc(F)cc1-c1nnc(CO)n1-c1ccccc1. The molecule has 0 atom stereocenters. The zero-order valence-corrected chi connectivity index (χ0v) is 11.5. The number of rotatable bonds is 3. The highest BCUT2D eigenvalue weighted by Crippen LogP contribution is 2.26. The molecule has 106 valence electrons. The van der Waals surface area contributed by atoms with E-state index in [0.717, 1.165) is 11.3 Å². The summed E-state index contributed by atoms with van der Waals surface area (Å²) in [5.41, 5.74) is 2.38. The summed E-state index contributed by atoms with van der Waals surface area (Å²) in [6.07, 6.45) is 0. The Morgan fingerprint density at radius 2 is 1.86 bits per heavy atom. The number of aromatic nitrogens is 3. The van der Waals surface area contributed by atoms with Crippen LogP contribution in [-0.4, -0.2) is 19.9 Å². The van der Waals surface area contributed by atoms with Gasteiger partial charge in [0.1, 0.15) is 12.4 Å². The van der Waals surface area contributed by atoms with Gasteiger partial charge >= 0.3 is 0 Å². The maximum Gasteiger partial charge on any atom is 0.169 e. The molecule has 0 spiro atoms. The summed E-state index contributed by atoms with van der Waals surface area (Å²) in [6.45, 7) is 1.65. The van der Waals surface area contributed by atoms with Crippen molar-refractivity contribution in [1.82, 2.24) is 14.8 Å². The van der Waals surface area contributed by atoms with Crippen molar-refractivity contribution in [3.8, 4) is 17.1 Å². The van der Waals surface area contributed by atoms with Crippen LogP contribution in [0.2, 0.25) is 0 Å². The molecule has 0 amide bonds. The molecular formula is C16H14FN3O. The van der Waals surface area contributed by atoms with Crippen LogP contribution in [0.3, 0.4) is 0 Å². The minimum absolute atomic E-state index is 0.240. The van der Waals surface area contributed by atoms with Crippen LogP contribution in [-0.2, 0) is 6.61 Å². The van der Waals surface area contributed by atoms with E-state index < -0.39 is 0 Å². The molecule has 0 aliphatic carbocycles. The maximum absolute atomic E-state index is 13.5. The third-order valence-electron chi connectivity index (χ3n) is 3.33. The van der Waals surface area contributed by atoms with Crippen LogP contribution >= 0.6 is 0 Å². The van der Waals surface area contributed by atoms with Crippen LogP contribution in [0.1, 0.15) is 11.4 Å². The van der Waals surface area contributed by atoms with Crippen molar-refractivity contribution in [1.29, 1.82) is 0 Å². The molecule has 1 heterocycles. The predicted octanol–water partition coefficient (Wildman–Crippen LogP) is 2.87. The summed E-state index contributed by atoms with van der Waals surface area (Å²) in [6, 6.07) is 14.0. The van der Waals surface area contributed by atoms with Gasteiger partial charge in [0, 0.05) is 11.3 Å². The lowest BCUT2D eigenvalue weighted by Crippen LogP contribution is -2.03. The lowest BCUT2D eigenvalue weighted by molar-refractivity contribution is 0.269. The standard InChI is InChI=1S/C16H14FN3O/c1-11-7-8-12(17)9-14(11)16-19-18-15(10-21)20(16)13-5-3-2-4-6-13/h2-9,21H,10H2,1H3. The summed E-state index contributed by atoms with van der Waals surface area (Å²) >= 11 is 0. The van der Waals surface area contributed by atoms with Gasteiger partial charge in [0.25, 0.3) is 0 Å². The minimum atomic E-state index is -0.330. The molecule has 0 aliphatic rings. The first kappa shape index (κ1) is 13.5. The summed E-state index contributed by atoms with van der Waals surface area (Å²) in [5.74, 6) is 0.603. The van der Waals surface area contributed by atoms with Gasteiger partial charge in [0.2, 0.25) is 0 Å². The number of benzene rings is 2. The fourth-order valence-corrected chi connectivity index (χ4v) is 2.28. The first-order valence-electron chi connectivity index (χ1n) is 6.58. The number of hydrogen-bond donors (Lipinski definition) is 1. The smallest absolute Gasteiger partial charge is 0.169 e. The summed E-state index contributed by atoms with van der Waals surface area (Å²) in [5, 5.41) is 17.6. The highest BCUT2D eigenvalue weighted by atomic mass is 19.1. The van der Waals surface area contributed by atoms with Gasteiger partial charge in [0.05, 0.1) is 0 Å². The Morgan fingerprint density at radius 1 is 1.10 bits per heavy atom. The maximum atomic E-state index is 13.5. The highest BCUT2D eigenvalue weighted by molar-refractivity contribution is 5.62. The molecule has 0 radical (unpaired) electrons. The number of hydrogen-bond acceptors (Lipinski definition) is 3. The number of para-hydroxylation sites is 1. The van der Waals surface area contributed by atoms with Crippen LogP contribution in [0.5, 0.6) is 0 Å². The number of aliphatic hydroxyl groups excluding tert-OH is 1. The Balaban J connectivity index is 2.25. The lowest BCUT2D eigenvalue weighted by atomic mass is 10.1. The largest absolute Gasteiger partial charge is 0.388 e. The number of halogens is 1. The van der Waals surface area contributed by atoms with E-state index in [1.54, 1.807) is 10.6 Å².